The van der Waals surface area contributed by atoms with Crippen LogP contribution in [-0.2, 0) is 4.74 Å². The Balaban J connectivity index is 1.46. The van der Waals surface area contributed by atoms with Gasteiger partial charge in [0.25, 0.3) is 0 Å². The Labute approximate surface area is 171 Å². The van der Waals surface area contributed by atoms with Crippen LogP contribution in [-0.4, -0.2) is 66.7 Å². The minimum atomic E-state index is 0.469. The zero-order valence-electron chi connectivity index (χ0n) is 16.5. The quantitative estimate of drug-likeness (QED) is 0.742. The molecule has 28 heavy (non-hydrogen) atoms. The number of methoxy groups -OCH3 is 1. The molecule has 0 amide bonds. The number of thioether (sulfide) groups is 1. The van der Waals surface area contributed by atoms with Crippen LogP contribution >= 0.6 is 11.8 Å². The second-order valence-corrected chi connectivity index (χ2v) is 8.17. The fourth-order valence-corrected chi connectivity index (χ4v) is 4.73. The molecule has 0 bridgehead atoms. The molecule has 0 radical (unpaired) electrons. The van der Waals surface area contributed by atoms with Crippen molar-refractivity contribution in [2.45, 2.75) is 13.0 Å². The molecule has 2 aromatic rings. The van der Waals surface area contributed by atoms with Crippen LogP contribution in [0.25, 0.3) is 4.91 Å². The van der Waals surface area contributed by atoms with E-state index in [0.29, 0.717) is 6.04 Å². The number of anilines is 2. The van der Waals surface area contributed by atoms with Gasteiger partial charge < -0.3 is 14.5 Å². The van der Waals surface area contributed by atoms with E-state index in [2.05, 4.69) is 62.1 Å². The van der Waals surface area contributed by atoms with Crippen molar-refractivity contribution in [3.63, 3.8) is 0 Å². The van der Waals surface area contributed by atoms with E-state index < -0.39 is 0 Å². The molecule has 4 rings (SSSR count). The number of rotatable bonds is 6. The van der Waals surface area contributed by atoms with Crippen LogP contribution in [0.5, 0.6) is 0 Å². The molecule has 2 aromatic heterocycles. The maximum Gasteiger partial charge on any atom is 0.135 e. The smallest absolute Gasteiger partial charge is 0.135 e. The van der Waals surface area contributed by atoms with E-state index in [4.69, 9.17) is 4.74 Å². The Morgan fingerprint density at radius 2 is 2.04 bits per heavy atom. The second-order valence-electron chi connectivity index (χ2n) is 7.18. The summed E-state index contributed by atoms with van der Waals surface area (Å²) < 4.78 is 5.22. The van der Waals surface area contributed by atoms with Crippen LogP contribution < -0.4 is 9.80 Å². The third-order valence-corrected chi connectivity index (χ3v) is 6.33. The lowest BCUT2D eigenvalue weighted by atomic mass is 10.1. The standard InChI is InChI=1S/C21H27N5OS/c1-17-14-24(11-12-27-2)9-10-26(17)19-5-8-23-21(13-19)25-15-20(28-16-25)18-3-6-22-7-4-18/h3-8,13,15,17H,9-12,14,16H2,1-2H3/t17-/m0/s1. The fraction of sp³-hybridized carbons (Fsp3) is 0.429. The molecule has 0 aromatic carbocycles. The summed E-state index contributed by atoms with van der Waals surface area (Å²) in [4.78, 5) is 17.2. The van der Waals surface area contributed by atoms with Gasteiger partial charge in [0, 0.05) is 80.8 Å². The lowest BCUT2D eigenvalue weighted by Crippen LogP contribution is -2.52. The summed E-state index contributed by atoms with van der Waals surface area (Å²) in [6, 6.07) is 8.92. The monoisotopic (exact) mass is 397 g/mol. The van der Waals surface area contributed by atoms with Gasteiger partial charge in [-0.2, -0.15) is 0 Å². The highest BCUT2D eigenvalue weighted by Gasteiger charge is 2.25. The molecule has 6 nitrogen and oxygen atoms in total. The predicted octanol–water partition coefficient (Wildman–Crippen LogP) is 3.14. The molecule has 0 saturated carbocycles. The molecule has 7 heteroatoms. The zero-order chi connectivity index (χ0) is 19.3. The van der Waals surface area contributed by atoms with Crippen LogP contribution in [0.15, 0.2) is 49.1 Å². The highest BCUT2D eigenvalue weighted by molar-refractivity contribution is 8.08. The minimum Gasteiger partial charge on any atom is -0.383 e. The molecule has 0 N–H and O–H groups in total. The molecule has 0 aliphatic carbocycles. The van der Waals surface area contributed by atoms with Crippen LogP contribution in [0.4, 0.5) is 11.5 Å². The zero-order valence-corrected chi connectivity index (χ0v) is 17.3. The van der Waals surface area contributed by atoms with Crippen molar-refractivity contribution in [2.24, 2.45) is 0 Å². The first kappa shape index (κ1) is 19.2. The molecule has 0 unspecified atom stereocenters. The molecule has 1 atom stereocenters. The molecule has 148 valence electrons. The van der Waals surface area contributed by atoms with E-state index in [1.54, 1.807) is 7.11 Å². The summed E-state index contributed by atoms with van der Waals surface area (Å²) in [5.74, 6) is 1.89. The van der Waals surface area contributed by atoms with Crippen molar-refractivity contribution in [2.75, 3.05) is 55.6 Å². The van der Waals surface area contributed by atoms with Gasteiger partial charge in [-0.1, -0.05) is 0 Å². The van der Waals surface area contributed by atoms with Gasteiger partial charge in [-0.3, -0.25) is 9.88 Å². The van der Waals surface area contributed by atoms with Crippen molar-refractivity contribution in [3.8, 4) is 0 Å². The first-order chi connectivity index (χ1) is 13.7. The second kappa shape index (κ2) is 8.94. The summed E-state index contributed by atoms with van der Waals surface area (Å²) in [6.45, 7) is 7.26. The Kier molecular flexibility index (Phi) is 6.14. The molecular weight excluding hydrogens is 370 g/mol. The maximum atomic E-state index is 5.22. The Morgan fingerprint density at radius 1 is 1.18 bits per heavy atom. The lowest BCUT2D eigenvalue weighted by Gasteiger charge is -2.41. The first-order valence-corrected chi connectivity index (χ1v) is 10.7. The minimum absolute atomic E-state index is 0.469. The van der Waals surface area contributed by atoms with Crippen molar-refractivity contribution in [3.05, 3.63) is 54.6 Å². The topological polar surface area (TPSA) is 44.7 Å². The summed E-state index contributed by atoms with van der Waals surface area (Å²) >= 11 is 1.84. The van der Waals surface area contributed by atoms with E-state index in [1.807, 2.05) is 30.4 Å². The summed E-state index contributed by atoms with van der Waals surface area (Å²) in [5.41, 5.74) is 2.46. The third-order valence-electron chi connectivity index (χ3n) is 5.28. The SMILES string of the molecule is COCCN1CCN(c2ccnc(N3C=C(c4ccncc4)SC3)c2)[C@@H](C)C1. The maximum absolute atomic E-state index is 5.22. The van der Waals surface area contributed by atoms with Crippen LogP contribution in [0.3, 0.4) is 0 Å². The normalized spacial score (nSPS) is 20.5. The molecule has 1 saturated heterocycles. The fourth-order valence-electron chi connectivity index (χ4n) is 3.74. The van der Waals surface area contributed by atoms with E-state index in [1.165, 1.54) is 16.2 Å². The van der Waals surface area contributed by atoms with Gasteiger partial charge in [-0.25, -0.2) is 4.98 Å². The number of aromatic nitrogens is 2. The molecular formula is C21H27N5OS. The summed E-state index contributed by atoms with van der Waals surface area (Å²) in [7, 11) is 1.77. The van der Waals surface area contributed by atoms with Crippen molar-refractivity contribution in [1.82, 2.24) is 14.9 Å². The number of pyridine rings is 2. The third kappa shape index (κ3) is 4.32. The Morgan fingerprint density at radius 3 is 2.82 bits per heavy atom. The van der Waals surface area contributed by atoms with Crippen molar-refractivity contribution < 1.29 is 4.74 Å². The van der Waals surface area contributed by atoms with Gasteiger partial charge in [0.2, 0.25) is 0 Å². The van der Waals surface area contributed by atoms with Crippen molar-refractivity contribution >= 4 is 28.2 Å². The number of nitrogens with zero attached hydrogens (tertiary/aromatic N) is 5. The average molecular weight is 398 g/mol. The number of ether oxygens (including phenoxy) is 1. The van der Waals surface area contributed by atoms with Crippen LogP contribution in [0.2, 0.25) is 0 Å². The predicted molar refractivity (Wildman–Crippen MR) is 117 cm³/mol. The lowest BCUT2D eigenvalue weighted by molar-refractivity contribution is 0.136. The van der Waals surface area contributed by atoms with Gasteiger partial charge in [-0.15, -0.1) is 11.8 Å². The van der Waals surface area contributed by atoms with E-state index in [9.17, 15) is 0 Å². The summed E-state index contributed by atoms with van der Waals surface area (Å²) in [6.07, 6.45) is 7.80. The summed E-state index contributed by atoms with van der Waals surface area (Å²) in [5, 5.41) is 0. The molecule has 2 aliphatic heterocycles. The largest absolute Gasteiger partial charge is 0.383 e. The molecule has 1 fully saturated rings. The first-order valence-electron chi connectivity index (χ1n) is 9.70. The van der Waals surface area contributed by atoms with Gasteiger partial charge in [-0.05, 0) is 30.7 Å². The van der Waals surface area contributed by atoms with E-state index in [-0.39, 0.29) is 0 Å². The average Bonchev–Trinajstić information content (AvgIpc) is 3.23. The van der Waals surface area contributed by atoms with E-state index in [0.717, 1.165) is 44.5 Å². The molecule has 4 heterocycles. The van der Waals surface area contributed by atoms with Crippen LogP contribution in [0, 0.1) is 0 Å². The van der Waals surface area contributed by atoms with Gasteiger partial charge >= 0.3 is 0 Å². The van der Waals surface area contributed by atoms with Crippen molar-refractivity contribution in [1.29, 1.82) is 0 Å². The number of piperazine rings is 1. The van der Waals surface area contributed by atoms with Crippen LogP contribution in [0.1, 0.15) is 12.5 Å². The Bertz CT molecular complexity index is 815. The van der Waals surface area contributed by atoms with Gasteiger partial charge in [0.15, 0.2) is 0 Å². The molecule has 0 spiro atoms. The number of hydrogen-bond acceptors (Lipinski definition) is 7. The van der Waals surface area contributed by atoms with E-state index >= 15 is 0 Å². The van der Waals surface area contributed by atoms with Gasteiger partial charge in [0.1, 0.15) is 5.82 Å². The Hall–Kier alpha value is -2.09. The number of hydrogen-bond donors (Lipinski definition) is 0. The highest BCUT2D eigenvalue weighted by Crippen LogP contribution is 2.36. The van der Waals surface area contributed by atoms with Gasteiger partial charge in [0.05, 0.1) is 12.5 Å². The highest BCUT2D eigenvalue weighted by atomic mass is 32.2. The molecule has 2 aliphatic rings.